The van der Waals surface area contributed by atoms with Gasteiger partial charge in [-0.05, 0) is 30.7 Å². The minimum absolute atomic E-state index is 0.301. The largest absolute Gasteiger partial charge is 0.439 e. The number of halogens is 2. The van der Waals surface area contributed by atoms with Gasteiger partial charge in [-0.25, -0.2) is 4.98 Å². The molecule has 0 aliphatic carbocycles. The fourth-order valence-electron chi connectivity index (χ4n) is 1.40. The predicted octanol–water partition coefficient (Wildman–Crippen LogP) is 4.15. The first kappa shape index (κ1) is 10.7. The van der Waals surface area contributed by atoms with E-state index >= 15 is 0 Å². The molecule has 0 amide bonds. The minimum Gasteiger partial charge on any atom is -0.439 e. The number of nitrogens with zero attached hydrogens (tertiary/aromatic N) is 1. The minimum atomic E-state index is 0.301. The molecule has 4 heteroatoms. The van der Waals surface area contributed by atoms with Crippen molar-refractivity contribution in [2.24, 2.45) is 0 Å². The Hall–Kier alpha value is -0.800. The van der Waals surface area contributed by atoms with Crippen molar-refractivity contribution < 1.29 is 4.42 Å². The molecular formula is C11H9BrClNO. The molecule has 0 aliphatic rings. The highest BCUT2D eigenvalue weighted by atomic mass is 79.9. The van der Waals surface area contributed by atoms with Crippen molar-refractivity contribution >= 4 is 27.5 Å². The molecular weight excluding hydrogens is 277 g/mol. The van der Waals surface area contributed by atoms with Crippen LogP contribution in [0.1, 0.15) is 11.5 Å². The Morgan fingerprint density at radius 3 is 2.87 bits per heavy atom. The van der Waals surface area contributed by atoms with Gasteiger partial charge in [-0.15, -0.1) is 11.6 Å². The molecule has 0 saturated carbocycles. The van der Waals surface area contributed by atoms with Crippen LogP contribution in [0, 0.1) is 6.92 Å². The fraction of sp³-hybridized carbons (Fsp3) is 0.182. The van der Waals surface area contributed by atoms with E-state index in [2.05, 4.69) is 20.9 Å². The summed E-state index contributed by atoms with van der Waals surface area (Å²) in [6.45, 7) is 2.03. The van der Waals surface area contributed by atoms with Crippen LogP contribution < -0.4 is 0 Å². The van der Waals surface area contributed by atoms with Crippen LogP contribution in [0.4, 0.5) is 0 Å². The SMILES string of the molecule is Cc1cc(Br)ccc1-c1cnc(CCl)o1. The number of hydrogen-bond donors (Lipinski definition) is 0. The van der Waals surface area contributed by atoms with E-state index in [4.69, 9.17) is 16.0 Å². The zero-order chi connectivity index (χ0) is 10.8. The van der Waals surface area contributed by atoms with Crippen molar-refractivity contribution in [3.8, 4) is 11.3 Å². The second-order valence-corrected chi connectivity index (χ2v) is 4.39. The summed E-state index contributed by atoms with van der Waals surface area (Å²) in [4.78, 5) is 4.06. The normalized spacial score (nSPS) is 10.6. The van der Waals surface area contributed by atoms with Gasteiger partial charge in [-0.2, -0.15) is 0 Å². The first-order valence-corrected chi connectivity index (χ1v) is 5.80. The number of oxazole rings is 1. The first-order chi connectivity index (χ1) is 7.20. The smallest absolute Gasteiger partial charge is 0.209 e. The number of alkyl halides is 1. The van der Waals surface area contributed by atoms with E-state index in [1.807, 2.05) is 25.1 Å². The van der Waals surface area contributed by atoms with Crippen LogP contribution in [-0.4, -0.2) is 4.98 Å². The highest BCUT2D eigenvalue weighted by Crippen LogP contribution is 2.26. The third-order valence-corrected chi connectivity index (χ3v) is 2.84. The van der Waals surface area contributed by atoms with E-state index < -0.39 is 0 Å². The first-order valence-electron chi connectivity index (χ1n) is 4.48. The Labute approximate surface area is 101 Å². The van der Waals surface area contributed by atoms with Gasteiger partial charge in [0.1, 0.15) is 0 Å². The van der Waals surface area contributed by atoms with Gasteiger partial charge in [0.25, 0.3) is 0 Å². The topological polar surface area (TPSA) is 26.0 Å². The quantitative estimate of drug-likeness (QED) is 0.775. The third-order valence-electron chi connectivity index (χ3n) is 2.12. The van der Waals surface area contributed by atoms with E-state index in [9.17, 15) is 0 Å². The standard InChI is InChI=1S/C11H9BrClNO/c1-7-4-8(12)2-3-9(7)10-6-14-11(5-13)15-10/h2-4,6H,5H2,1H3. The molecule has 0 spiro atoms. The van der Waals surface area contributed by atoms with Crippen LogP contribution >= 0.6 is 27.5 Å². The number of aryl methyl sites for hydroxylation is 1. The molecule has 1 aromatic carbocycles. The number of rotatable bonds is 2. The molecule has 0 N–H and O–H groups in total. The molecule has 1 heterocycles. The van der Waals surface area contributed by atoms with Gasteiger partial charge < -0.3 is 4.42 Å². The van der Waals surface area contributed by atoms with Crippen LogP contribution in [0.3, 0.4) is 0 Å². The Bertz CT molecular complexity index is 481. The summed E-state index contributed by atoms with van der Waals surface area (Å²) in [5.41, 5.74) is 2.18. The van der Waals surface area contributed by atoms with Gasteiger partial charge in [-0.1, -0.05) is 15.9 Å². The number of hydrogen-bond acceptors (Lipinski definition) is 2. The highest BCUT2D eigenvalue weighted by Gasteiger charge is 2.08. The maximum Gasteiger partial charge on any atom is 0.209 e. The van der Waals surface area contributed by atoms with Crippen molar-refractivity contribution in [1.82, 2.24) is 4.98 Å². The van der Waals surface area contributed by atoms with Gasteiger partial charge in [0.2, 0.25) is 5.89 Å². The van der Waals surface area contributed by atoms with Crippen molar-refractivity contribution in [3.63, 3.8) is 0 Å². The van der Waals surface area contributed by atoms with E-state index in [1.54, 1.807) is 6.20 Å². The van der Waals surface area contributed by atoms with Crippen LogP contribution in [-0.2, 0) is 5.88 Å². The van der Waals surface area contributed by atoms with Crippen LogP contribution in [0.25, 0.3) is 11.3 Å². The molecule has 1 aromatic heterocycles. The molecule has 0 saturated heterocycles. The van der Waals surface area contributed by atoms with Crippen LogP contribution in [0.5, 0.6) is 0 Å². The monoisotopic (exact) mass is 285 g/mol. The average Bonchev–Trinajstić information content (AvgIpc) is 2.66. The van der Waals surface area contributed by atoms with Gasteiger partial charge in [-0.3, -0.25) is 0 Å². The molecule has 0 aliphatic heterocycles. The summed E-state index contributed by atoms with van der Waals surface area (Å²) >= 11 is 9.05. The second-order valence-electron chi connectivity index (χ2n) is 3.21. The van der Waals surface area contributed by atoms with E-state index in [0.717, 1.165) is 21.4 Å². The van der Waals surface area contributed by atoms with Crippen molar-refractivity contribution in [2.45, 2.75) is 12.8 Å². The lowest BCUT2D eigenvalue weighted by Crippen LogP contribution is -1.80. The lowest BCUT2D eigenvalue weighted by molar-refractivity contribution is 0.528. The highest BCUT2D eigenvalue weighted by molar-refractivity contribution is 9.10. The molecule has 2 aromatic rings. The summed E-state index contributed by atoms with van der Waals surface area (Å²) in [5.74, 6) is 1.61. The van der Waals surface area contributed by atoms with Crippen molar-refractivity contribution in [2.75, 3.05) is 0 Å². The molecule has 0 atom stereocenters. The molecule has 2 nitrogen and oxygen atoms in total. The average molecular weight is 287 g/mol. The zero-order valence-corrected chi connectivity index (χ0v) is 10.5. The molecule has 0 unspecified atom stereocenters. The summed E-state index contributed by atoms with van der Waals surface area (Å²) in [6.07, 6.45) is 1.70. The lowest BCUT2D eigenvalue weighted by Gasteiger charge is -2.01. The second kappa shape index (κ2) is 4.37. The van der Waals surface area contributed by atoms with Crippen molar-refractivity contribution in [1.29, 1.82) is 0 Å². The summed E-state index contributed by atoms with van der Waals surface area (Å²) < 4.78 is 6.54. The Morgan fingerprint density at radius 1 is 1.47 bits per heavy atom. The van der Waals surface area contributed by atoms with Gasteiger partial charge in [0.15, 0.2) is 5.76 Å². The molecule has 0 fully saturated rings. The van der Waals surface area contributed by atoms with Gasteiger partial charge in [0.05, 0.1) is 12.1 Å². The predicted molar refractivity (Wildman–Crippen MR) is 63.9 cm³/mol. The molecule has 78 valence electrons. The van der Waals surface area contributed by atoms with E-state index in [1.165, 1.54) is 0 Å². The summed E-state index contributed by atoms with van der Waals surface area (Å²) in [5, 5.41) is 0. The zero-order valence-electron chi connectivity index (χ0n) is 8.13. The maximum atomic E-state index is 5.63. The summed E-state index contributed by atoms with van der Waals surface area (Å²) in [7, 11) is 0. The Morgan fingerprint density at radius 2 is 2.27 bits per heavy atom. The molecule has 15 heavy (non-hydrogen) atoms. The van der Waals surface area contributed by atoms with Crippen LogP contribution in [0.2, 0.25) is 0 Å². The van der Waals surface area contributed by atoms with Crippen LogP contribution in [0.15, 0.2) is 33.3 Å². The maximum absolute atomic E-state index is 5.63. The number of aromatic nitrogens is 1. The Balaban J connectivity index is 2.44. The molecule has 2 rings (SSSR count). The molecule has 0 bridgehead atoms. The fourth-order valence-corrected chi connectivity index (χ4v) is 2.00. The van der Waals surface area contributed by atoms with Gasteiger partial charge in [0, 0.05) is 10.0 Å². The Kier molecular flexibility index (Phi) is 3.12. The van der Waals surface area contributed by atoms with Crippen molar-refractivity contribution in [3.05, 3.63) is 40.3 Å². The summed E-state index contributed by atoms with van der Waals surface area (Å²) in [6, 6.07) is 6.02. The van der Waals surface area contributed by atoms with E-state index in [-0.39, 0.29) is 0 Å². The molecule has 0 radical (unpaired) electrons. The lowest BCUT2D eigenvalue weighted by atomic mass is 10.1. The number of benzene rings is 1. The van der Waals surface area contributed by atoms with Gasteiger partial charge >= 0.3 is 0 Å². The third kappa shape index (κ3) is 2.24. The van der Waals surface area contributed by atoms with E-state index in [0.29, 0.717) is 11.8 Å².